The number of amides is 1. The summed E-state index contributed by atoms with van der Waals surface area (Å²) in [4.78, 5) is 23.3. The summed E-state index contributed by atoms with van der Waals surface area (Å²) in [6, 6.07) is 7.14. The van der Waals surface area contributed by atoms with Gasteiger partial charge in [0.25, 0.3) is 5.91 Å². The first-order valence-electron chi connectivity index (χ1n) is 7.90. The van der Waals surface area contributed by atoms with Crippen molar-refractivity contribution in [1.82, 2.24) is 10.6 Å². The first kappa shape index (κ1) is 20.4. The van der Waals surface area contributed by atoms with Gasteiger partial charge in [0, 0.05) is 12.6 Å². The molecule has 9 N–H and O–H groups in total. The molecule has 0 radical (unpaired) electrons. The Bertz CT molecular complexity index is 581. The Balaban J connectivity index is 2.51. The van der Waals surface area contributed by atoms with Gasteiger partial charge in [-0.2, -0.15) is 0 Å². The molecule has 9 heteroatoms. The van der Waals surface area contributed by atoms with E-state index in [9.17, 15) is 19.8 Å². The zero-order valence-corrected chi connectivity index (χ0v) is 13.8. The highest BCUT2D eigenvalue weighted by atomic mass is 16.4. The SMILES string of the molecule is N=C(N)NCCC[C@H](NC(=O)[C@@H](O)[C@H](N)Cc1ccccc1)C(=O)O. The Morgan fingerprint density at radius 2 is 1.88 bits per heavy atom. The molecule has 25 heavy (non-hydrogen) atoms. The minimum Gasteiger partial charge on any atom is -0.480 e. The van der Waals surface area contributed by atoms with E-state index in [0.29, 0.717) is 13.0 Å². The van der Waals surface area contributed by atoms with Crippen molar-refractivity contribution < 1.29 is 19.8 Å². The molecule has 1 rings (SSSR count). The maximum absolute atomic E-state index is 12.1. The quantitative estimate of drug-likeness (QED) is 0.156. The monoisotopic (exact) mass is 351 g/mol. The van der Waals surface area contributed by atoms with E-state index in [1.165, 1.54) is 0 Å². The summed E-state index contributed by atoms with van der Waals surface area (Å²) in [5, 5.41) is 31.1. The molecule has 1 amide bonds. The number of carbonyl (C=O) groups excluding carboxylic acids is 1. The third-order valence-corrected chi connectivity index (χ3v) is 3.59. The smallest absolute Gasteiger partial charge is 0.326 e. The van der Waals surface area contributed by atoms with Crippen LogP contribution in [0.2, 0.25) is 0 Å². The van der Waals surface area contributed by atoms with Crippen LogP contribution in [0.4, 0.5) is 0 Å². The Labute approximate surface area is 145 Å². The van der Waals surface area contributed by atoms with Crippen molar-refractivity contribution in [1.29, 1.82) is 5.41 Å². The summed E-state index contributed by atoms with van der Waals surface area (Å²) in [7, 11) is 0. The van der Waals surface area contributed by atoms with Gasteiger partial charge in [0.1, 0.15) is 12.1 Å². The number of carboxylic acids is 1. The minimum absolute atomic E-state index is 0.127. The van der Waals surface area contributed by atoms with Crippen LogP contribution >= 0.6 is 0 Å². The van der Waals surface area contributed by atoms with Gasteiger partial charge >= 0.3 is 5.97 Å². The second kappa shape index (κ2) is 10.3. The van der Waals surface area contributed by atoms with Gasteiger partial charge in [-0.25, -0.2) is 4.79 Å². The lowest BCUT2D eigenvalue weighted by Crippen LogP contribution is -2.52. The molecule has 0 aliphatic rings. The number of benzene rings is 1. The van der Waals surface area contributed by atoms with Crippen molar-refractivity contribution in [2.75, 3.05) is 6.54 Å². The fraction of sp³-hybridized carbons (Fsp3) is 0.438. The predicted molar refractivity (Wildman–Crippen MR) is 92.8 cm³/mol. The molecule has 9 nitrogen and oxygen atoms in total. The number of rotatable bonds is 10. The Morgan fingerprint density at radius 3 is 2.44 bits per heavy atom. The van der Waals surface area contributed by atoms with Crippen LogP contribution < -0.4 is 22.1 Å². The summed E-state index contributed by atoms with van der Waals surface area (Å²) in [5.74, 6) is -2.24. The fourth-order valence-corrected chi connectivity index (χ4v) is 2.24. The van der Waals surface area contributed by atoms with Gasteiger partial charge in [-0.1, -0.05) is 30.3 Å². The average Bonchev–Trinajstić information content (AvgIpc) is 2.57. The molecule has 3 atom stereocenters. The summed E-state index contributed by atoms with van der Waals surface area (Å²) in [6.45, 7) is 0.311. The summed E-state index contributed by atoms with van der Waals surface area (Å²) in [5.41, 5.74) is 11.8. The molecule has 0 aromatic heterocycles. The van der Waals surface area contributed by atoms with Gasteiger partial charge in [0.05, 0.1) is 0 Å². The van der Waals surface area contributed by atoms with Crippen LogP contribution in [0.15, 0.2) is 30.3 Å². The third-order valence-electron chi connectivity index (χ3n) is 3.59. The lowest BCUT2D eigenvalue weighted by molar-refractivity contribution is -0.143. The zero-order valence-electron chi connectivity index (χ0n) is 13.8. The Kier molecular flexibility index (Phi) is 8.37. The second-order valence-electron chi connectivity index (χ2n) is 5.68. The van der Waals surface area contributed by atoms with Gasteiger partial charge in [-0.05, 0) is 24.8 Å². The van der Waals surface area contributed by atoms with Gasteiger partial charge in [-0.15, -0.1) is 0 Å². The number of guanidine groups is 1. The molecule has 0 fully saturated rings. The van der Waals surface area contributed by atoms with E-state index < -0.39 is 30.1 Å². The largest absolute Gasteiger partial charge is 0.480 e. The molecule has 0 unspecified atom stereocenters. The van der Waals surface area contributed by atoms with Crippen LogP contribution in [0.1, 0.15) is 18.4 Å². The van der Waals surface area contributed by atoms with Crippen LogP contribution in [-0.4, -0.2) is 52.8 Å². The van der Waals surface area contributed by atoms with Gasteiger partial charge in [0.15, 0.2) is 5.96 Å². The topological polar surface area (TPSA) is 175 Å². The number of hydrogen-bond acceptors (Lipinski definition) is 5. The maximum Gasteiger partial charge on any atom is 0.326 e. The number of aliphatic carboxylic acids is 1. The van der Waals surface area contributed by atoms with E-state index in [4.69, 9.17) is 16.9 Å². The van der Waals surface area contributed by atoms with E-state index in [0.717, 1.165) is 5.56 Å². The van der Waals surface area contributed by atoms with Crippen molar-refractivity contribution in [2.24, 2.45) is 11.5 Å². The number of nitrogens with two attached hydrogens (primary N) is 2. The number of aliphatic hydroxyl groups is 1. The number of nitrogens with one attached hydrogen (secondary N) is 3. The van der Waals surface area contributed by atoms with Gasteiger partial charge in [-0.3, -0.25) is 10.2 Å². The molecule has 0 spiro atoms. The highest BCUT2D eigenvalue weighted by Crippen LogP contribution is 2.06. The highest BCUT2D eigenvalue weighted by Gasteiger charge is 2.27. The van der Waals surface area contributed by atoms with Crippen molar-refractivity contribution in [3.8, 4) is 0 Å². The molecule has 0 saturated heterocycles. The standard InChI is InChI=1S/C16H25N5O4/c17-11(9-10-5-2-1-3-6-10)13(22)14(23)21-12(15(24)25)7-4-8-20-16(18)19/h1-3,5-6,11-13,22H,4,7-9,17H2,(H,21,23)(H,24,25)(H4,18,19,20)/t11-,12+,13+/m1/s1. The molecule has 0 heterocycles. The fourth-order valence-electron chi connectivity index (χ4n) is 2.24. The molecule has 1 aromatic rings. The second-order valence-corrected chi connectivity index (χ2v) is 5.68. The van der Waals surface area contributed by atoms with Crippen LogP contribution in [0.25, 0.3) is 0 Å². The van der Waals surface area contributed by atoms with Gasteiger partial charge in [0.2, 0.25) is 0 Å². The third kappa shape index (κ3) is 7.64. The van der Waals surface area contributed by atoms with Gasteiger partial charge < -0.3 is 32.3 Å². The lowest BCUT2D eigenvalue weighted by Gasteiger charge is -2.21. The Hall–Kier alpha value is -2.65. The van der Waals surface area contributed by atoms with E-state index >= 15 is 0 Å². The van der Waals surface area contributed by atoms with Crippen LogP contribution in [0, 0.1) is 5.41 Å². The normalized spacial score (nSPS) is 14.2. The number of aliphatic hydroxyl groups excluding tert-OH is 1. The number of carboxylic acid groups (broad SMARTS) is 1. The van der Waals surface area contributed by atoms with Crippen LogP contribution in [-0.2, 0) is 16.0 Å². The molecule has 0 aliphatic heterocycles. The van der Waals surface area contributed by atoms with E-state index in [1.807, 2.05) is 30.3 Å². The summed E-state index contributed by atoms with van der Waals surface area (Å²) in [6.07, 6.45) is -0.724. The highest BCUT2D eigenvalue weighted by molar-refractivity contribution is 5.86. The minimum atomic E-state index is -1.52. The zero-order chi connectivity index (χ0) is 18.8. The maximum atomic E-state index is 12.1. The van der Waals surface area contributed by atoms with Crippen LogP contribution in [0.5, 0.6) is 0 Å². The van der Waals surface area contributed by atoms with Crippen molar-refractivity contribution >= 4 is 17.8 Å². The number of carbonyl (C=O) groups is 2. The van der Waals surface area contributed by atoms with Crippen molar-refractivity contribution in [2.45, 2.75) is 37.5 Å². The van der Waals surface area contributed by atoms with E-state index in [-0.39, 0.29) is 18.8 Å². The molecular weight excluding hydrogens is 326 g/mol. The predicted octanol–water partition coefficient (Wildman–Crippen LogP) is -1.25. The molecule has 0 bridgehead atoms. The Morgan fingerprint density at radius 1 is 1.24 bits per heavy atom. The summed E-state index contributed by atoms with van der Waals surface area (Å²) < 4.78 is 0. The number of hydrogen-bond donors (Lipinski definition) is 7. The lowest BCUT2D eigenvalue weighted by atomic mass is 10.0. The first-order chi connectivity index (χ1) is 11.8. The molecular formula is C16H25N5O4. The van der Waals surface area contributed by atoms with Crippen LogP contribution in [0.3, 0.4) is 0 Å². The molecule has 138 valence electrons. The summed E-state index contributed by atoms with van der Waals surface area (Å²) >= 11 is 0. The molecule has 1 aromatic carbocycles. The molecule has 0 saturated carbocycles. The first-order valence-corrected chi connectivity index (χ1v) is 7.90. The average molecular weight is 351 g/mol. The molecule has 0 aliphatic carbocycles. The van der Waals surface area contributed by atoms with Crippen molar-refractivity contribution in [3.63, 3.8) is 0 Å². The van der Waals surface area contributed by atoms with Crippen molar-refractivity contribution in [3.05, 3.63) is 35.9 Å². The van der Waals surface area contributed by atoms with E-state index in [2.05, 4.69) is 10.6 Å². The van der Waals surface area contributed by atoms with E-state index in [1.54, 1.807) is 0 Å².